The van der Waals surface area contributed by atoms with Crippen molar-refractivity contribution >= 4 is 10.0 Å². The first-order valence-corrected chi connectivity index (χ1v) is 8.76. The Morgan fingerprint density at radius 3 is 2.43 bits per heavy atom. The van der Waals surface area contributed by atoms with Crippen molar-refractivity contribution in [2.24, 2.45) is 10.6 Å². The summed E-state index contributed by atoms with van der Waals surface area (Å²) in [6.45, 7) is 7.88. The van der Waals surface area contributed by atoms with Crippen LogP contribution in [0.2, 0.25) is 0 Å². The summed E-state index contributed by atoms with van der Waals surface area (Å²) in [6, 6.07) is 7.08. The zero-order valence-electron chi connectivity index (χ0n) is 12.8. The monoisotopic (exact) mass is 312 g/mol. The van der Waals surface area contributed by atoms with Crippen molar-refractivity contribution < 1.29 is 13.2 Å². The lowest BCUT2D eigenvalue weighted by atomic mass is 9.64. The number of rotatable bonds is 6. The molecule has 2 atom stereocenters. The lowest BCUT2D eigenvalue weighted by molar-refractivity contribution is -0.114. The fourth-order valence-corrected chi connectivity index (χ4v) is 3.27. The standard InChI is InChI=1S/C15H24N2O3S/c1-4-20-14-9-13(15(14,2)3)17-10-11-5-7-12(8-6-11)21(16,18)19/h5-8,13-14,17H,4,9-10H2,1-3H3,(H2,16,18,19). The highest BCUT2D eigenvalue weighted by Gasteiger charge is 2.48. The molecular formula is C15H24N2O3S. The Morgan fingerprint density at radius 2 is 1.95 bits per heavy atom. The van der Waals surface area contributed by atoms with Crippen LogP contribution in [-0.2, 0) is 21.3 Å². The van der Waals surface area contributed by atoms with Gasteiger partial charge in [0.05, 0.1) is 11.0 Å². The number of benzene rings is 1. The Kier molecular flexibility index (Phi) is 4.72. The summed E-state index contributed by atoms with van der Waals surface area (Å²) in [5, 5.41) is 8.59. The summed E-state index contributed by atoms with van der Waals surface area (Å²) in [5.74, 6) is 0. The maximum absolute atomic E-state index is 11.2. The largest absolute Gasteiger partial charge is 0.378 e. The summed E-state index contributed by atoms with van der Waals surface area (Å²) in [6.07, 6.45) is 1.32. The molecule has 1 aromatic rings. The topological polar surface area (TPSA) is 81.4 Å². The molecule has 0 radical (unpaired) electrons. The maximum Gasteiger partial charge on any atom is 0.238 e. The quantitative estimate of drug-likeness (QED) is 0.836. The van der Waals surface area contributed by atoms with Crippen LogP contribution in [0.15, 0.2) is 29.2 Å². The second-order valence-electron chi connectivity index (χ2n) is 6.12. The molecule has 1 aromatic carbocycles. The van der Waals surface area contributed by atoms with Gasteiger partial charge in [0, 0.05) is 24.6 Å². The maximum atomic E-state index is 11.2. The summed E-state index contributed by atoms with van der Waals surface area (Å²) in [4.78, 5) is 0.145. The van der Waals surface area contributed by atoms with Crippen molar-refractivity contribution in [3.63, 3.8) is 0 Å². The van der Waals surface area contributed by atoms with Crippen molar-refractivity contribution in [1.29, 1.82) is 0 Å². The minimum atomic E-state index is -3.61. The molecule has 0 aromatic heterocycles. The molecule has 2 rings (SSSR count). The first-order chi connectivity index (χ1) is 9.75. The van der Waals surface area contributed by atoms with Gasteiger partial charge in [-0.05, 0) is 31.0 Å². The predicted octanol–water partition coefficient (Wildman–Crippen LogP) is 1.63. The predicted molar refractivity (Wildman–Crippen MR) is 82.3 cm³/mol. The van der Waals surface area contributed by atoms with Gasteiger partial charge in [0.2, 0.25) is 10.0 Å². The number of ether oxygens (including phenoxy) is 1. The lowest BCUT2D eigenvalue weighted by Gasteiger charge is -2.52. The van der Waals surface area contributed by atoms with Crippen LogP contribution >= 0.6 is 0 Å². The number of nitrogens with one attached hydrogen (secondary N) is 1. The molecule has 118 valence electrons. The second kappa shape index (κ2) is 6.04. The number of hydrogen-bond donors (Lipinski definition) is 2. The molecule has 0 heterocycles. The molecule has 1 fully saturated rings. The second-order valence-corrected chi connectivity index (χ2v) is 7.68. The van der Waals surface area contributed by atoms with Gasteiger partial charge >= 0.3 is 0 Å². The van der Waals surface area contributed by atoms with Gasteiger partial charge in [-0.25, -0.2) is 13.6 Å². The van der Waals surface area contributed by atoms with Gasteiger partial charge in [0.15, 0.2) is 0 Å². The van der Waals surface area contributed by atoms with Gasteiger partial charge in [-0.3, -0.25) is 0 Å². The van der Waals surface area contributed by atoms with Crippen LogP contribution < -0.4 is 10.5 Å². The van der Waals surface area contributed by atoms with Crippen molar-refractivity contribution in [2.75, 3.05) is 6.61 Å². The van der Waals surface area contributed by atoms with Crippen LogP contribution in [0, 0.1) is 5.41 Å². The van der Waals surface area contributed by atoms with Crippen LogP contribution in [0.5, 0.6) is 0 Å². The van der Waals surface area contributed by atoms with E-state index in [1.165, 1.54) is 0 Å². The molecule has 21 heavy (non-hydrogen) atoms. The zero-order chi connectivity index (χ0) is 15.7. The zero-order valence-corrected chi connectivity index (χ0v) is 13.6. The van der Waals surface area contributed by atoms with Crippen molar-refractivity contribution in [1.82, 2.24) is 5.32 Å². The third kappa shape index (κ3) is 3.63. The van der Waals surface area contributed by atoms with Crippen LogP contribution in [0.4, 0.5) is 0 Å². The van der Waals surface area contributed by atoms with E-state index >= 15 is 0 Å². The molecule has 1 aliphatic carbocycles. The third-order valence-electron chi connectivity index (χ3n) is 4.35. The Bertz CT molecular complexity index is 581. The number of hydrogen-bond acceptors (Lipinski definition) is 4. The summed E-state index contributed by atoms with van der Waals surface area (Å²) < 4.78 is 28.1. The molecule has 2 unspecified atom stereocenters. The molecule has 0 aliphatic heterocycles. The first kappa shape index (κ1) is 16.4. The van der Waals surface area contributed by atoms with E-state index < -0.39 is 10.0 Å². The van der Waals surface area contributed by atoms with E-state index in [0.29, 0.717) is 18.7 Å². The van der Waals surface area contributed by atoms with E-state index in [9.17, 15) is 8.42 Å². The summed E-state index contributed by atoms with van der Waals surface area (Å²) in [7, 11) is -3.61. The Balaban J connectivity index is 1.90. The van der Waals surface area contributed by atoms with Gasteiger partial charge in [-0.15, -0.1) is 0 Å². The number of primary sulfonamides is 1. The van der Waals surface area contributed by atoms with Crippen LogP contribution in [0.25, 0.3) is 0 Å². The first-order valence-electron chi connectivity index (χ1n) is 7.22. The summed E-state index contributed by atoms with van der Waals surface area (Å²) in [5.41, 5.74) is 1.16. The minimum absolute atomic E-state index is 0.122. The Morgan fingerprint density at radius 1 is 1.33 bits per heavy atom. The van der Waals surface area contributed by atoms with Gasteiger partial charge < -0.3 is 10.1 Å². The van der Waals surface area contributed by atoms with Crippen LogP contribution in [0.1, 0.15) is 32.8 Å². The van der Waals surface area contributed by atoms with E-state index in [0.717, 1.165) is 18.6 Å². The SMILES string of the molecule is CCOC1CC(NCc2ccc(S(N)(=O)=O)cc2)C1(C)C. The average molecular weight is 312 g/mol. The number of nitrogens with two attached hydrogens (primary N) is 1. The smallest absolute Gasteiger partial charge is 0.238 e. The molecule has 3 N–H and O–H groups in total. The van der Waals surface area contributed by atoms with E-state index in [4.69, 9.17) is 9.88 Å². The van der Waals surface area contributed by atoms with Crippen LogP contribution in [-0.4, -0.2) is 27.2 Å². The number of sulfonamides is 1. The van der Waals surface area contributed by atoms with Gasteiger partial charge in [-0.2, -0.15) is 0 Å². The lowest BCUT2D eigenvalue weighted by Crippen LogP contribution is -2.60. The molecule has 0 spiro atoms. The van der Waals surface area contributed by atoms with E-state index in [1.54, 1.807) is 24.3 Å². The molecule has 1 aliphatic rings. The molecule has 0 bridgehead atoms. The van der Waals surface area contributed by atoms with Crippen molar-refractivity contribution in [3.05, 3.63) is 29.8 Å². The summed E-state index contributed by atoms with van der Waals surface area (Å²) >= 11 is 0. The fraction of sp³-hybridized carbons (Fsp3) is 0.600. The minimum Gasteiger partial charge on any atom is -0.378 e. The van der Waals surface area contributed by atoms with E-state index in [-0.39, 0.29) is 10.3 Å². The molecular weight excluding hydrogens is 288 g/mol. The van der Waals surface area contributed by atoms with Gasteiger partial charge in [0.1, 0.15) is 0 Å². The fourth-order valence-electron chi connectivity index (χ4n) is 2.75. The van der Waals surface area contributed by atoms with Gasteiger partial charge in [0.25, 0.3) is 0 Å². The third-order valence-corrected chi connectivity index (χ3v) is 5.28. The van der Waals surface area contributed by atoms with Gasteiger partial charge in [-0.1, -0.05) is 26.0 Å². The highest BCUT2D eigenvalue weighted by molar-refractivity contribution is 7.89. The molecule has 6 heteroatoms. The average Bonchev–Trinajstić information content (AvgIpc) is 2.41. The van der Waals surface area contributed by atoms with Crippen LogP contribution in [0.3, 0.4) is 0 Å². The van der Waals surface area contributed by atoms with Crippen molar-refractivity contribution in [2.45, 2.75) is 50.8 Å². The van der Waals surface area contributed by atoms with E-state index in [2.05, 4.69) is 19.2 Å². The Hall–Kier alpha value is -0.950. The normalized spacial score (nSPS) is 24.6. The highest BCUT2D eigenvalue weighted by Crippen LogP contribution is 2.42. The highest BCUT2D eigenvalue weighted by atomic mass is 32.2. The van der Waals surface area contributed by atoms with E-state index in [1.807, 2.05) is 6.92 Å². The molecule has 5 nitrogen and oxygen atoms in total. The molecule has 1 saturated carbocycles. The molecule has 0 saturated heterocycles. The Labute approximate surface area is 126 Å². The molecule has 0 amide bonds. The van der Waals surface area contributed by atoms with Crippen molar-refractivity contribution in [3.8, 4) is 0 Å².